The zero-order chi connectivity index (χ0) is 29.1. The number of carboxylic acids is 1. The summed E-state index contributed by atoms with van der Waals surface area (Å²) in [5.74, 6) is -1.67. The van der Waals surface area contributed by atoms with Crippen LogP contribution in [0.5, 0.6) is 0 Å². The summed E-state index contributed by atoms with van der Waals surface area (Å²) < 4.78 is 140. The summed E-state index contributed by atoms with van der Waals surface area (Å²) in [6.45, 7) is -1.70. The van der Waals surface area contributed by atoms with Gasteiger partial charge in [0.2, 0.25) is 0 Å². The molecule has 0 spiro atoms. The Bertz CT molecular complexity index is 1120. The van der Waals surface area contributed by atoms with E-state index < -0.39 is 106 Å². The highest BCUT2D eigenvalue weighted by Crippen LogP contribution is 2.33. The van der Waals surface area contributed by atoms with Crippen molar-refractivity contribution < 1.29 is 89.8 Å². The average molecular weight is 623 g/mol. The largest absolute Gasteiger partial charge is 0.479 e. The van der Waals surface area contributed by atoms with Gasteiger partial charge in [-0.25, -0.2) is 17.3 Å². The van der Waals surface area contributed by atoms with Gasteiger partial charge in [-0.05, 0) is 0 Å². The fourth-order valence-electron chi connectivity index (χ4n) is 3.88. The monoisotopic (exact) mass is 622 g/mol. The molecule has 0 aromatic heterocycles. The van der Waals surface area contributed by atoms with E-state index in [9.17, 15) is 39.7 Å². The van der Waals surface area contributed by atoms with Crippen molar-refractivity contribution in [1.82, 2.24) is 0 Å². The first-order valence-electron chi connectivity index (χ1n) is 10.1. The third kappa shape index (κ3) is 9.20. The van der Waals surface area contributed by atoms with Crippen LogP contribution in [-0.4, -0.2) is 140 Å². The molecule has 2 aliphatic heterocycles. The lowest BCUT2D eigenvalue weighted by atomic mass is 9.97. The highest BCUT2D eigenvalue weighted by atomic mass is 32.3. The zero-order valence-electron chi connectivity index (χ0n) is 19.7. The Morgan fingerprint density at radius 2 is 1.34 bits per heavy atom. The lowest BCUT2D eigenvalue weighted by Crippen LogP contribution is -2.65. The summed E-state index contributed by atoms with van der Waals surface area (Å²) in [7, 11) is -12.3. The standard InChI is InChI=1S/C15H26O20S3/c1-27-8-6(5-31-36(18,19)20)32-15(13(10(8)29-3)35-38(24,25)26)33-11-9(28-2)7(34-37(21,22)23)4-30-12(11)14(16)17/h6-13,15H,4-5H2,1-3H3,(H,16,17)(H,18,19,20)(H,21,22,23)(H,24,25,26). The number of rotatable bonds is 13. The predicted molar refractivity (Wildman–Crippen MR) is 114 cm³/mol. The Morgan fingerprint density at radius 1 is 0.789 bits per heavy atom. The summed E-state index contributed by atoms with van der Waals surface area (Å²) in [6, 6.07) is 0. The maximum Gasteiger partial charge on any atom is 0.397 e. The van der Waals surface area contributed by atoms with Gasteiger partial charge in [0.05, 0.1) is 13.2 Å². The van der Waals surface area contributed by atoms with Crippen LogP contribution >= 0.6 is 0 Å². The van der Waals surface area contributed by atoms with E-state index in [1.165, 1.54) is 0 Å². The molecule has 23 heteroatoms. The van der Waals surface area contributed by atoms with Crippen LogP contribution < -0.4 is 0 Å². The molecule has 0 aromatic rings. The van der Waals surface area contributed by atoms with Crippen LogP contribution in [0.1, 0.15) is 0 Å². The lowest BCUT2D eigenvalue weighted by Gasteiger charge is -2.47. The second-order valence-electron chi connectivity index (χ2n) is 7.60. The summed E-state index contributed by atoms with van der Waals surface area (Å²) in [4.78, 5) is 11.8. The van der Waals surface area contributed by atoms with Crippen molar-refractivity contribution in [3.63, 3.8) is 0 Å². The van der Waals surface area contributed by atoms with Crippen LogP contribution in [0, 0.1) is 0 Å². The van der Waals surface area contributed by atoms with Crippen LogP contribution in [-0.2, 0) is 77.0 Å². The van der Waals surface area contributed by atoms with Gasteiger partial charge in [-0.1, -0.05) is 0 Å². The van der Waals surface area contributed by atoms with Gasteiger partial charge in [0.15, 0.2) is 18.5 Å². The van der Waals surface area contributed by atoms with Crippen molar-refractivity contribution in [3.8, 4) is 0 Å². The number of hydrogen-bond donors (Lipinski definition) is 4. The molecule has 2 rings (SSSR count). The van der Waals surface area contributed by atoms with E-state index in [-0.39, 0.29) is 0 Å². The Kier molecular flexibility index (Phi) is 11.3. The lowest BCUT2D eigenvalue weighted by molar-refractivity contribution is -0.333. The summed E-state index contributed by atoms with van der Waals surface area (Å²) in [6.07, 6.45) is -15.7. The number of carbonyl (C=O) groups is 1. The van der Waals surface area contributed by atoms with Gasteiger partial charge in [-0.3, -0.25) is 13.7 Å². The minimum Gasteiger partial charge on any atom is -0.479 e. The van der Waals surface area contributed by atoms with Crippen LogP contribution in [0.15, 0.2) is 0 Å². The molecule has 20 nitrogen and oxygen atoms in total. The van der Waals surface area contributed by atoms with Crippen molar-refractivity contribution in [2.45, 2.75) is 55.1 Å². The number of aliphatic carboxylic acids is 1. The van der Waals surface area contributed by atoms with E-state index in [0.717, 1.165) is 21.3 Å². The van der Waals surface area contributed by atoms with E-state index in [2.05, 4.69) is 12.5 Å². The van der Waals surface area contributed by atoms with Gasteiger partial charge in [0, 0.05) is 21.3 Å². The highest BCUT2D eigenvalue weighted by Gasteiger charge is 2.54. The number of methoxy groups -OCH3 is 3. The van der Waals surface area contributed by atoms with Crippen molar-refractivity contribution in [1.29, 1.82) is 0 Å². The molecule has 9 unspecified atom stereocenters. The van der Waals surface area contributed by atoms with E-state index in [4.69, 9.17) is 37.5 Å². The fourth-order valence-corrected chi connectivity index (χ4v) is 5.15. The second-order valence-corrected chi connectivity index (χ2v) is 10.8. The minimum atomic E-state index is -5.29. The Hall–Kier alpha value is -1.16. The molecule has 0 aliphatic carbocycles. The van der Waals surface area contributed by atoms with Crippen molar-refractivity contribution in [2.24, 2.45) is 0 Å². The van der Waals surface area contributed by atoms with Crippen LogP contribution in [0.2, 0.25) is 0 Å². The smallest absolute Gasteiger partial charge is 0.397 e. The van der Waals surface area contributed by atoms with Crippen LogP contribution in [0.4, 0.5) is 0 Å². The van der Waals surface area contributed by atoms with Gasteiger partial charge in [0.25, 0.3) is 0 Å². The molecule has 0 bridgehead atoms. The van der Waals surface area contributed by atoms with Gasteiger partial charge in [-0.2, -0.15) is 25.3 Å². The van der Waals surface area contributed by atoms with E-state index in [1.807, 2.05) is 0 Å². The van der Waals surface area contributed by atoms with Crippen molar-refractivity contribution in [3.05, 3.63) is 0 Å². The molecule has 224 valence electrons. The van der Waals surface area contributed by atoms with E-state index >= 15 is 0 Å². The predicted octanol–water partition coefficient (Wildman–Crippen LogP) is -3.18. The second kappa shape index (κ2) is 13.0. The summed E-state index contributed by atoms with van der Waals surface area (Å²) >= 11 is 0. The molecule has 0 radical (unpaired) electrons. The maximum atomic E-state index is 11.8. The maximum absolute atomic E-state index is 11.8. The first-order valence-corrected chi connectivity index (χ1v) is 14.2. The third-order valence-corrected chi connectivity index (χ3v) is 6.62. The molecule has 0 amide bonds. The molecule has 2 saturated heterocycles. The minimum absolute atomic E-state index is 0.733. The number of carboxylic acid groups (broad SMARTS) is 1. The molecular weight excluding hydrogens is 596 g/mol. The molecule has 2 heterocycles. The Labute approximate surface area is 216 Å². The first kappa shape index (κ1) is 33.0. The first-order chi connectivity index (χ1) is 17.4. The molecule has 0 saturated carbocycles. The summed E-state index contributed by atoms with van der Waals surface area (Å²) in [5.41, 5.74) is 0. The molecule has 0 aromatic carbocycles. The molecule has 2 aliphatic rings. The average Bonchev–Trinajstić information content (AvgIpc) is 2.76. The molecule has 2 fully saturated rings. The Morgan fingerprint density at radius 3 is 1.79 bits per heavy atom. The molecular formula is C15H26O20S3. The number of ether oxygens (including phenoxy) is 6. The number of hydrogen-bond acceptors (Lipinski definition) is 16. The molecule has 4 N–H and O–H groups in total. The normalized spacial score (nSPS) is 35.2. The Balaban J connectivity index is 2.52. The zero-order valence-corrected chi connectivity index (χ0v) is 22.1. The van der Waals surface area contributed by atoms with E-state index in [0.29, 0.717) is 0 Å². The van der Waals surface area contributed by atoms with Gasteiger partial charge in [0.1, 0.15) is 36.6 Å². The van der Waals surface area contributed by atoms with Crippen LogP contribution in [0.3, 0.4) is 0 Å². The quantitative estimate of drug-likeness (QED) is 0.147. The fraction of sp³-hybridized carbons (Fsp3) is 0.933. The summed E-state index contributed by atoms with van der Waals surface area (Å²) in [5, 5.41) is 9.59. The van der Waals surface area contributed by atoms with Gasteiger partial charge >= 0.3 is 37.2 Å². The van der Waals surface area contributed by atoms with Gasteiger partial charge < -0.3 is 33.5 Å². The van der Waals surface area contributed by atoms with Gasteiger partial charge in [-0.15, -0.1) is 0 Å². The highest BCUT2D eigenvalue weighted by molar-refractivity contribution is 7.81. The third-order valence-electron chi connectivity index (χ3n) is 5.23. The van der Waals surface area contributed by atoms with E-state index in [1.54, 1.807) is 0 Å². The molecule has 9 atom stereocenters. The van der Waals surface area contributed by atoms with Crippen molar-refractivity contribution >= 4 is 37.2 Å². The SMILES string of the molecule is COC1C(OS(=O)(=O)O)COC(C(=O)O)C1OC1OC(COS(=O)(=O)O)C(OC)C(OC)C1OS(=O)(=O)O. The van der Waals surface area contributed by atoms with Crippen molar-refractivity contribution in [2.75, 3.05) is 34.5 Å². The van der Waals surface area contributed by atoms with Crippen LogP contribution in [0.25, 0.3) is 0 Å². The molecule has 38 heavy (non-hydrogen) atoms. The topological polar surface area (TPSA) is 283 Å².